The van der Waals surface area contributed by atoms with Crippen molar-refractivity contribution in [2.24, 2.45) is 0 Å². The van der Waals surface area contributed by atoms with Crippen LogP contribution in [0.2, 0.25) is 0 Å². The molecule has 0 saturated carbocycles. The van der Waals surface area contributed by atoms with Crippen molar-refractivity contribution >= 4 is 23.6 Å². The number of ether oxygens (including phenoxy) is 1. The van der Waals surface area contributed by atoms with Crippen LogP contribution in [0.15, 0.2) is 84.9 Å². The van der Waals surface area contributed by atoms with Crippen LogP contribution in [0.5, 0.6) is 0 Å². The lowest BCUT2D eigenvalue weighted by Crippen LogP contribution is -2.46. The average molecular weight is 444 g/mol. The third-order valence-electron chi connectivity index (χ3n) is 5.41. The molecular formula is C26H25N3O4. The molecule has 33 heavy (non-hydrogen) atoms. The molecule has 1 fully saturated rings. The molecule has 0 unspecified atom stereocenters. The van der Waals surface area contributed by atoms with Crippen LogP contribution in [0.25, 0.3) is 0 Å². The van der Waals surface area contributed by atoms with E-state index in [1.807, 2.05) is 43.3 Å². The van der Waals surface area contributed by atoms with Gasteiger partial charge in [0.1, 0.15) is 0 Å². The van der Waals surface area contributed by atoms with E-state index in [1.165, 1.54) is 4.90 Å². The van der Waals surface area contributed by atoms with Crippen LogP contribution < -0.4 is 10.6 Å². The van der Waals surface area contributed by atoms with E-state index in [2.05, 4.69) is 10.6 Å². The molecule has 168 valence electrons. The fourth-order valence-electron chi connectivity index (χ4n) is 3.86. The highest BCUT2D eigenvalue weighted by Gasteiger charge is 2.46. The molecule has 0 aliphatic carbocycles. The zero-order chi connectivity index (χ0) is 23.2. The highest BCUT2D eigenvalue weighted by atomic mass is 16.6. The Morgan fingerprint density at radius 3 is 2.33 bits per heavy atom. The molecule has 2 atom stereocenters. The summed E-state index contributed by atoms with van der Waals surface area (Å²) in [5, 5.41) is 5.67. The Morgan fingerprint density at radius 2 is 1.64 bits per heavy atom. The van der Waals surface area contributed by atoms with Gasteiger partial charge in [-0.05, 0) is 42.3 Å². The van der Waals surface area contributed by atoms with Crippen LogP contribution in [0.3, 0.4) is 0 Å². The van der Waals surface area contributed by atoms with Crippen molar-refractivity contribution in [3.63, 3.8) is 0 Å². The third kappa shape index (κ3) is 5.03. The van der Waals surface area contributed by atoms with E-state index in [0.717, 1.165) is 5.56 Å². The molecule has 3 aromatic carbocycles. The largest absolute Gasteiger partial charge is 0.438 e. The molecule has 7 heteroatoms. The van der Waals surface area contributed by atoms with E-state index in [4.69, 9.17) is 4.74 Å². The van der Waals surface area contributed by atoms with Gasteiger partial charge >= 0.3 is 6.09 Å². The van der Waals surface area contributed by atoms with Crippen LogP contribution in [-0.2, 0) is 16.1 Å². The van der Waals surface area contributed by atoms with Crippen molar-refractivity contribution in [1.82, 2.24) is 10.2 Å². The molecular weight excluding hydrogens is 418 g/mol. The number of nitrogens with zero attached hydrogens (tertiary/aromatic N) is 1. The van der Waals surface area contributed by atoms with Crippen molar-refractivity contribution in [2.45, 2.75) is 25.6 Å². The zero-order valence-corrected chi connectivity index (χ0v) is 18.2. The Hall–Kier alpha value is -4.13. The Kier molecular flexibility index (Phi) is 6.69. The first kappa shape index (κ1) is 22.1. The van der Waals surface area contributed by atoms with Gasteiger partial charge in [0.2, 0.25) is 5.91 Å². The first-order valence-electron chi connectivity index (χ1n) is 10.8. The van der Waals surface area contributed by atoms with Crippen LogP contribution in [0, 0.1) is 0 Å². The molecule has 0 aromatic heterocycles. The summed E-state index contributed by atoms with van der Waals surface area (Å²) in [5.41, 5.74) is 2.60. The fraction of sp³-hybridized carbons (Fsp3) is 0.192. The number of cyclic esters (lactones) is 1. The maximum absolute atomic E-state index is 13.0. The topological polar surface area (TPSA) is 87.7 Å². The smallest absolute Gasteiger partial charge is 0.411 e. The molecule has 1 aliphatic rings. The van der Waals surface area contributed by atoms with Crippen molar-refractivity contribution in [3.8, 4) is 0 Å². The molecule has 3 aromatic rings. The molecule has 0 radical (unpaired) electrons. The second kappa shape index (κ2) is 9.99. The minimum Gasteiger partial charge on any atom is -0.438 e. The predicted octanol–water partition coefficient (Wildman–Crippen LogP) is 4.14. The minimum atomic E-state index is -0.835. The number of hydrogen-bond acceptors (Lipinski definition) is 4. The molecule has 1 heterocycles. The lowest BCUT2D eigenvalue weighted by molar-refractivity contribution is -0.126. The average Bonchev–Trinajstić information content (AvgIpc) is 3.16. The Bertz CT molecular complexity index is 1130. The summed E-state index contributed by atoms with van der Waals surface area (Å²) < 4.78 is 5.67. The van der Waals surface area contributed by atoms with Gasteiger partial charge in [-0.1, -0.05) is 60.7 Å². The number of anilines is 1. The van der Waals surface area contributed by atoms with Crippen LogP contribution in [0.4, 0.5) is 10.5 Å². The molecule has 2 N–H and O–H groups in total. The second-order valence-corrected chi connectivity index (χ2v) is 7.70. The fourth-order valence-corrected chi connectivity index (χ4v) is 3.86. The molecule has 4 rings (SSSR count). The van der Waals surface area contributed by atoms with Gasteiger partial charge in [-0.25, -0.2) is 4.79 Å². The monoisotopic (exact) mass is 443 g/mol. The Morgan fingerprint density at radius 1 is 0.939 bits per heavy atom. The zero-order valence-electron chi connectivity index (χ0n) is 18.2. The van der Waals surface area contributed by atoms with E-state index >= 15 is 0 Å². The number of rotatable bonds is 7. The van der Waals surface area contributed by atoms with Crippen molar-refractivity contribution in [1.29, 1.82) is 0 Å². The number of nitrogens with one attached hydrogen (secondary N) is 2. The van der Waals surface area contributed by atoms with E-state index < -0.39 is 18.2 Å². The molecule has 1 saturated heterocycles. The van der Waals surface area contributed by atoms with Crippen LogP contribution in [-0.4, -0.2) is 35.4 Å². The quantitative estimate of drug-likeness (QED) is 0.575. The van der Waals surface area contributed by atoms with Gasteiger partial charge in [0.15, 0.2) is 12.1 Å². The summed E-state index contributed by atoms with van der Waals surface area (Å²) in [6.07, 6.45) is -1.36. The maximum atomic E-state index is 13.0. The van der Waals surface area contributed by atoms with Gasteiger partial charge in [-0.2, -0.15) is 0 Å². The van der Waals surface area contributed by atoms with Crippen molar-refractivity contribution < 1.29 is 19.1 Å². The Balaban J connectivity index is 1.59. The van der Waals surface area contributed by atoms with Gasteiger partial charge in [0.25, 0.3) is 5.91 Å². The van der Waals surface area contributed by atoms with Crippen molar-refractivity contribution in [3.05, 3.63) is 102 Å². The van der Waals surface area contributed by atoms with Crippen LogP contribution in [0.1, 0.15) is 34.5 Å². The summed E-state index contributed by atoms with van der Waals surface area (Å²) in [6, 6.07) is 24.5. The number of carbonyl (C=O) groups is 3. The van der Waals surface area contributed by atoms with E-state index in [-0.39, 0.29) is 18.4 Å². The van der Waals surface area contributed by atoms with Gasteiger partial charge in [-0.15, -0.1) is 0 Å². The van der Waals surface area contributed by atoms with E-state index in [9.17, 15) is 14.4 Å². The summed E-state index contributed by atoms with van der Waals surface area (Å²) in [5.74, 6) is -0.537. The lowest BCUT2D eigenvalue weighted by Gasteiger charge is -2.24. The molecule has 0 spiro atoms. The molecule has 7 nitrogen and oxygen atoms in total. The third-order valence-corrected chi connectivity index (χ3v) is 5.41. The summed E-state index contributed by atoms with van der Waals surface area (Å²) in [4.78, 5) is 39.7. The highest BCUT2D eigenvalue weighted by Crippen LogP contribution is 2.35. The van der Waals surface area contributed by atoms with Gasteiger partial charge in [-0.3, -0.25) is 14.5 Å². The summed E-state index contributed by atoms with van der Waals surface area (Å²) in [7, 11) is 0. The normalized spacial score (nSPS) is 17.4. The molecule has 3 amide bonds. The van der Waals surface area contributed by atoms with Gasteiger partial charge in [0.05, 0.1) is 6.54 Å². The first-order valence-corrected chi connectivity index (χ1v) is 10.8. The van der Waals surface area contributed by atoms with Gasteiger partial charge < -0.3 is 15.4 Å². The summed E-state index contributed by atoms with van der Waals surface area (Å²) >= 11 is 0. The number of amides is 3. The standard InChI is InChI=1S/C26H25N3O4/c1-2-27-25(31)22-23(33-26(32)29(22)17-18-10-5-3-6-11-18)20-14-9-15-21(16-20)28-24(30)19-12-7-4-8-13-19/h3-16,22-23H,2,17H2,1H3,(H,27,31)(H,28,30)/t22-,23-/m1/s1. The number of carbonyl (C=O) groups excluding carboxylic acids is 3. The van der Waals surface area contributed by atoms with Crippen LogP contribution >= 0.6 is 0 Å². The lowest BCUT2D eigenvalue weighted by atomic mass is 10.00. The van der Waals surface area contributed by atoms with E-state index in [0.29, 0.717) is 23.4 Å². The Labute approximate surface area is 192 Å². The molecule has 1 aliphatic heterocycles. The number of hydrogen-bond donors (Lipinski definition) is 2. The number of benzene rings is 3. The van der Waals surface area contributed by atoms with Crippen molar-refractivity contribution in [2.75, 3.05) is 11.9 Å². The first-order chi connectivity index (χ1) is 16.1. The highest BCUT2D eigenvalue weighted by molar-refractivity contribution is 6.04. The van der Waals surface area contributed by atoms with E-state index in [1.54, 1.807) is 48.5 Å². The summed E-state index contributed by atoms with van der Waals surface area (Å²) in [6.45, 7) is 2.51. The second-order valence-electron chi connectivity index (χ2n) is 7.70. The molecule has 0 bridgehead atoms. The minimum absolute atomic E-state index is 0.248. The SMILES string of the molecule is CCNC(=O)[C@H]1[C@@H](c2cccc(NC(=O)c3ccccc3)c2)OC(=O)N1Cc1ccccc1. The number of likely N-dealkylation sites (N-methyl/N-ethyl adjacent to an activating group) is 1. The predicted molar refractivity (Wildman–Crippen MR) is 125 cm³/mol. The maximum Gasteiger partial charge on any atom is 0.411 e. The van der Waals surface area contributed by atoms with Gasteiger partial charge in [0, 0.05) is 17.8 Å².